The van der Waals surface area contributed by atoms with Crippen LogP contribution in [0.5, 0.6) is 0 Å². The van der Waals surface area contributed by atoms with Gasteiger partial charge in [0.1, 0.15) is 0 Å². The summed E-state index contributed by atoms with van der Waals surface area (Å²) in [5.41, 5.74) is 0.769. The zero-order chi connectivity index (χ0) is 18.1. The van der Waals surface area contributed by atoms with Gasteiger partial charge in [-0.3, -0.25) is 4.79 Å². The summed E-state index contributed by atoms with van der Waals surface area (Å²) < 4.78 is 27.6. The van der Waals surface area contributed by atoms with Gasteiger partial charge in [-0.1, -0.05) is 0 Å². The van der Waals surface area contributed by atoms with E-state index in [-0.39, 0.29) is 16.7 Å². The molecule has 2 saturated heterocycles. The van der Waals surface area contributed by atoms with Crippen LogP contribution in [0.25, 0.3) is 0 Å². The van der Waals surface area contributed by atoms with Gasteiger partial charge in [0.15, 0.2) is 0 Å². The second-order valence-corrected chi connectivity index (χ2v) is 9.58. The minimum absolute atomic E-state index is 0.0999. The van der Waals surface area contributed by atoms with Crippen LogP contribution in [0.1, 0.15) is 36.6 Å². The minimum Gasteiger partial charge on any atom is -0.312 e. The van der Waals surface area contributed by atoms with Crippen LogP contribution in [0.15, 0.2) is 40.7 Å². The lowest BCUT2D eigenvalue weighted by Gasteiger charge is -2.31. The first-order valence-corrected chi connectivity index (χ1v) is 11.2. The Balaban J connectivity index is 1.53. The molecule has 0 unspecified atom stereocenters. The van der Waals surface area contributed by atoms with Crippen molar-refractivity contribution in [2.24, 2.45) is 0 Å². The Morgan fingerprint density at radius 1 is 1.12 bits per heavy atom. The van der Waals surface area contributed by atoms with Gasteiger partial charge in [0.25, 0.3) is 0 Å². The molecule has 8 heteroatoms. The van der Waals surface area contributed by atoms with Crippen LogP contribution in [-0.2, 0) is 14.8 Å². The molecule has 0 radical (unpaired) electrons. The van der Waals surface area contributed by atoms with Crippen molar-refractivity contribution in [3.63, 3.8) is 0 Å². The van der Waals surface area contributed by atoms with Gasteiger partial charge in [0, 0.05) is 49.2 Å². The number of hydrogen-bond donors (Lipinski definition) is 0. The van der Waals surface area contributed by atoms with Gasteiger partial charge in [-0.05, 0) is 43.5 Å². The van der Waals surface area contributed by atoms with Gasteiger partial charge in [-0.2, -0.15) is 4.31 Å². The van der Waals surface area contributed by atoms with Crippen molar-refractivity contribution in [2.45, 2.75) is 36.5 Å². The normalized spacial score (nSPS) is 22.1. The van der Waals surface area contributed by atoms with E-state index in [1.54, 1.807) is 51.0 Å². The third-order valence-corrected chi connectivity index (χ3v) is 7.86. The molecule has 0 aliphatic carbocycles. The maximum atomic E-state index is 13.0. The molecule has 26 heavy (non-hydrogen) atoms. The van der Waals surface area contributed by atoms with E-state index in [0.29, 0.717) is 26.1 Å². The first-order valence-electron chi connectivity index (χ1n) is 8.86. The van der Waals surface area contributed by atoms with Crippen LogP contribution in [0.2, 0.25) is 0 Å². The van der Waals surface area contributed by atoms with Crippen LogP contribution in [0, 0.1) is 0 Å². The van der Waals surface area contributed by atoms with Crippen molar-refractivity contribution in [3.8, 4) is 0 Å². The molecule has 1 amide bonds. The predicted octanol–water partition coefficient (Wildman–Crippen LogP) is 2.84. The van der Waals surface area contributed by atoms with Gasteiger partial charge in [0.05, 0.1) is 9.90 Å². The number of sulfonamides is 1. The number of carbonyl (C=O) groups excluding carboxylic acids is 1. The summed E-state index contributed by atoms with van der Waals surface area (Å²) in [5.74, 6) is 0.267. The van der Waals surface area contributed by atoms with E-state index >= 15 is 0 Å². The lowest BCUT2D eigenvalue weighted by molar-refractivity contribution is -0.117. The van der Waals surface area contributed by atoms with Crippen molar-refractivity contribution < 1.29 is 13.2 Å². The number of benzene rings is 1. The predicted molar refractivity (Wildman–Crippen MR) is 101 cm³/mol. The molecule has 2 fully saturated rings. The highest BCUT2D eigenvalue weighted by molar-refractivity contribution is 7.89. The van der Waals surface area contributed by atoms with Crippen molar-refractivity contribution in [1.29, 1.82) is 0 Å². The highest BCUT2D eigenvalue weighted by Gasteiger charge is 2.32. The molecule has 4 rings (SSSR count). The number of aromatic nitrogens is 1. The number of nitrogens with zero attached hydrogens (tertiary/aromatic N) is 3. The Bertz CT molecular complexity index is 879. The summed E-state index contributed by atoms with van der Waals surface area (Å²) in [4.78, 5) is 18.2. The van der Waals surface area contributed by atoms with E-state index in [1.165, 1.54) is 0 Å². The fraction of sp³-hybridized carbons (Fsp3) is 0.444. The largest absolute Gasteiger partial charge is 0.312 e. The lowest BCUT2D eigenvalue weighted by atomic mass is 10.0. The van der Waals surface area contributed by atoms with Crippen LogP contribution in [0.3, 0.4) is 0 Å². The first kappa shape index (κ1) is 17.6. The molecule has 0 saturated carbocycles. The van der Waals surface area contributed by atoms with Gasteiger partial charge < -0.3 is 4.90 Å². The molecule has 0 spiro atoms. The van der Waals surface area contributed by atoms with Crippen molar-refractivity contribution in [2.75, 3.05) is 24.5 Å². The molecule has 3 heterocycles. The van der Waals surface area contributed by atoms with Gasteiger partial charge >= 0.3 is 0 Å². The quantitative estimate of drug-likeness (QED) is 0.804. The molecular weight excluding hydrogens is 370 g/mol. The third-order valence-electron chi connectivity index (χ3n) is 5.04. The fourth-order valence-electron chi connectivity index (χ4n) is 3.67. The molecule has 0 bridgehead atoms. The number of anilines is 1. The van der Waals surface area contributed by atoms with Crippen LogP contribution >= 0.6 is 11.3 Å². The van der Waals surface area contributed by atoms with Crippen LogP contribution in [-0.4, -0.2) is 43.2 Å². The Hall–Kier alpha value is -1.77. The first-order chi connectivity index (χ1) is 12.6. The topological polar surface area (TPSA) is 70.6 Å². The third kappa shape index (κ3) is 3.28. The molecule has 2 aliphatic heterocycles. The second kappa shape index (κ2) is 7.09. The zero-order valence-corrected chi connectivity index (χ0v) is 16.0. The van der Waals surface area contributed by atoms with Crippen LogP contribution < -0.4 is 4.90 Å². The molecule has 138 valence electrons. The molecule has 1 aromatic heterocycles. The molecule has 6 nitrogen and oxygen atoms in total. The molecular formula is C18H21N3O3S2. The Morgan fingerprint density at radius 3 is 2.58 bits per heavy atom. The van der Waals surface area contributed by atoms with Crippen molar-refractivity contribution in [3.05, 3.63) is 40.8 Å². The van der Waals surface area contributed by atoms with Crippen molar-refractivity contribution >= 4 is 33.0 Å². The van der Waals surface area contributed by atoms with Gasteiger partial charge in [0.2, 0.25) is 15.9 Å². The standard InChI is InChI=1S/C18H21N3O3S2/c22-17-4-2-11-21(17)15-5-7-16(8-6-15)26(23,24)20-10-1-3-14(13-20)18-19-9-12-25-18/h5-9,12,14H,1-4,10-11,13H2/t14-/m1/s1. The maximum Gasteiger partial charge on any atom is 0.243 e. The maximum absolute atomic E-state index is 13.0. The summed E-state index contributed by atoms with van der Waals surface area (Å²) in [5, 5.41) is 2.94. The zero-order valence-electron chi connectivity index (χ0n) is 14.4. The number of hydrogen-bond acceptors (Lipinski definition) is 5. The van der Waals surface area contributed by atoms with Crippen LogP contribution in [0.4, 0.5) is 5.69 Å². The highest BCUT2D eigenvalue weighted by atomic mass is 32.2. The number of piperidine rings is 1. The monoisotopic (exact) mass is 391 g/mol. The summed E-state index contributed by atoms with van der Waals surface area (Å²) in [6, 6.07) is 6.70. The second-order valence-electron chi connectivity index (χ2n) is 6.72. The molecule has 0 N–H and O–H groups in total. The van der Waals surface area contributed by atoms with Gasteiger partial charge in [-0.15, -0.1) is 11.3 Å². The minimum atomic E-state index is -3.53. The molecule has 2 aliphatic rings. The Kier molecular flexibility index (Phi) is 4.81. The van der Waals surface area contributed by atoms with E-state index in [2.05, 4.69) is 4.98 Å². The smallest absolute Gasteiger partial charge is 0.243 e. The van der Waals surface area contributed by atoms with E-state index in [0.717, 1.165) is 30.0 Å². The van der Waals surface area contributed by atoms with Gasteiger partial charge in [-0.25, -0.2) is 13.4 Å². The number of amides is 1. The summed E-state index contributed by atoms with van der Waals surface area (Å²) in [6.07, 6.45) is 4.99. The molecule has 1 aromatic carbocycles. The van der Waals surface area contributed by atoms with E-state index in [9.17, 15) is 13.2 Å². The fourth-order valence-corrected chi connectivity index (χ4v) is 5.96. The number of rotatable bonds is 4. The average Bonchev–Trinajstić information content (AvgIpc) is 3.34. The highest BCUT2D eigenvalue weighted by Crippen LogP contribution is 2.32. The summed E-state index contributed by atoms with van der Waals surface area (Å²) in [6.45, 7) is 1.71. The number of carbonyl (C=O) groups is 1. The Labute approximate surface area is 157 Å². The van der Waals surface area contributed by atoms with E-state index in [4.69, 9.17) is 0 Å². The SMILES string of the molecule is O=C1CCCN1c1ccc(S(=O)(=O)N2CCC[C@@H](c3nccs3)C2)cc1. The lowest BCUT2D eigenvalue weighted by Crippen LogP contribution is -2.39. The molecule has 2 aromatic rings. The average molecular weight is 392 g/mol. The Morgan fingerprint density at radius 2 is 1.92 bits per heavy atom. The summed E-state index contributed by atoms with van der Waals surface area (Å²) in [7, 11) is -3.53. The number of thiazole rings is 1. The molecule has 1 atom stereocenters. The van der Waals surface area contributed by atoms with E-state index in [1.807, 2.05) is 5.38 Å². The van der Waals surface area contributed by atoms with E-state index < -0.39 is 10.0 Å². The summed E-state index contributed by atoms with van der Waals surface area (Å²) >= 11 is 1.58. The van der Waals surface area contributed by atoms with Crippen molar-refractivity contribution in [1.82, 2.24) is 9.29 Å².